The van der Waals surface area contributed by atoms with E-state index in [-0.39, 0.29) is 17.1 Å². The van der Waals surface area contributed by atoms with Gasteiger partial charge in [-0.05, 0) is 36.4 Å². The van der Waals surface area contributed by atoms with Gasteiger partial charge in [0, 0.05) is 0 Å². The minimum absolute atomic E-state index is 0.0703. The summed E-state index contributed by atoms with van der Waals surface area (Å²) in [6.07, 6.45) is -11.1. The van der Waals surface area contributed by atoms with Crippen LogP contribution in [0.25, 0.3) is 5.69 Å². The molecule has 3 N–H and O–H groups in total. The van der Waals surface area contributed by atoms with Crippen LogP contribution < -0.4 is 10.6 Å². The summed E-state index contributed by atoms with van der Waals surface area (Å²) in [6.45, 7) is 0. The van der Waals surface area contributed by atoms with Crippen molar-refractivity contribution in [2.24, 2.45) is 5.11 Å². The summed E-state index contributed by atoms with van der Waals surface area (Å²) in [5, 5.41) is 7.05. The molecule has 0 saturated carbocycles. The lowest BCUT2D eigenvalue weighted by Gasteiger charge is -2.13. The zero-order valence-corrected chi connectivity index (χ0v) is 25.6. The average molecular weight is 769 g/mol. The van der Waals surface area contributed by atoms with Crippen molar-refractivity contribution in [2.45, 2.75) is 18.5 Å². The lowest BCUT2D eigenvalue weighted by atomic mass is 10.2. The van der Waals surface area contributed by atoms with E-state index in [1.54, 1.807) is 0 Å². The van der Waals surface area contributed by atoms with Crippen molar-refractivity contribution < 1.29 is 39.5 Å². The molecule has 0 amide bonds. The van der Waals surface area contributed by atoms with E-state index in [1.165, 1.54) is 24.5 Å². The second kappa shape index (κ2) is 15.1. The fourth-order valence-electron chi connectivity index (χ4n) is 3.08. The number of nitrogens with zero attached hydrogens (tertiary/aromatic N) is 5. The Morgan fingerprint density at radius 2 is 1.11 bits per heavy atom. The van der Waals surface area contributed by atoms with Gasteiger partial charge >= 0.3 is 18.5 Å². The highest BCUT2D eigenvalue weighted by atomic mass is 35.5. The second-order valence-corrected chi connectivity index (χ2v) is 10.2. The monoisotopic (exact) mass is 766 g/mol. The van der Waals surface area contributed by atoms with Crippen molar-refractivity contribution in [3.63, 3.8) is 0 Å². The Hall–Kier alpha value is -2.98. The van der Waals surface area contributed by atoms with Gasteiger partial charge in [0.15, 0.2) is 10.8 Å². The van der Waals surface area contributed by atoms with Gasteiger partial charge in [-0.25, -0.2) is 4.68 Å². The second-order valence-electron chi connectivity index (χ2n) is 7.88. The van der Waals surface area contributed by atoms with Crippen LogP contribution >= 0.6 is 69.6 Å². The molecule has 7 nitrogen and oxygen atoms in total. The molecule has 0 unspecified atom stereocenters. The lowest BCUT2D eigenvalue weighted by Crippen LogP contribution is -2.09. The molecule has 0 saturated heterocycles. The molecule has 242 valence electrons. The molecule has 22 heteroatoms. The van der Waals surface area contributed by atoms with Gasteiger partial charge in [0.2, 0.25) is 4.91 Å². The highest BCUT2D eigenvalue weighted by Crippen LogP contribution is 2.44. The summed E-state index contributed by atoms with van der Waals surface area (Å²) < 4.78 is 113. The van der Waals surface area contributed by atoms with Crippen molar-refractivity contribution in [3.8, 4) is 5.69 Å². The normalized spacial score (nSPS) is 11.5. The van der Waals surface area contributed by atoms with E-state index in [4.69, 9.17) is 80.9 Å². The molecule has 1 heterocycles. The molecule has 1 aromatic heterocycles. The number of nitrogen functional groups attached to an aromatic ring is 1. The molecular weight excluding hydrogens is 758 g/mol. The third-order valence-electron chi connectivity index (χ3n) is 4.94. The molecule has 0 aliphatic carbocycles. The molecular formula is C23H11Cl6F9N7+. The Bertz CT molecular complexity index is 1700. The number of alkyl halides is 9. The summed E-state index contributed by atoms with van der Waals surface area (Å²) in [6, 6.07) is 6.89. The van der Waals surface area contributed by atoms with Crippen LogP contribution in [0, 0.1) is 5.53 Å². The zero-order valence-electron chi connectivity index (χ0n) is 21.1. The Balaban J connectivity index is 0.000000238. The number of nitrogens with one attached hydrogen (secondary N) is 1. The van der Waals surface area contributed by atoms with E-state index in [0.717, 1.165) is 28.9 Å². The Morgan fingerprint density at radius 1 is 0.667 bits per heavy atom. The van der Waals surface area contributed by atoms with E-state index in [1.807, 2.05) is 0 Å². The number of anilines is 1. The number of hydrogen-bond acceptors (Lipinski definition) is 5. The van der Waals surface area contributed by atoms with Gasteiger partial charge < -0.3 is 5.73 Å². The molecule has 0 fully saturated rings. The summed E-state index contributed by atoms with van der Waals surface area (Å²) in [5.74, 6) is 0. The lowest BCUT2D eigenvalue weighted by molar-refractivity contribution is -0.138. The van der Waals surface area contributed by atoms with Crippen molar-refractivity contribution in [2.75, 3.05) is 5.73 Å². The molecule has 0 atom stereocenters. The number of nitrogens with two attached hydrogens (primary N) is 1. The number of halogens is 15. The topological polar surface area (TPSA) is 107 Å². The number of aromatic nitrogens is 3. The van der Waals surface area contributed by atoms with Crippen molar-refractivity contribution in [1.82, 2.24) is 19.9 Å². The van der Waals surface area contributed by atoms with Crippen LogP contribution in [-0.4, -0.2) is 15.0 Å². The fourth-order valence-corrected chi connectivity index (χ4v) is 4.96. The molecule has 3 aromatic carbocycles. The summed E-state index contributed by atoms with van der Waals surface area (Å²) in [7, 11) is 0. The van der Waals surface area contributed by atoms with Crippen molar-refractivity contribution in [3.05, 3.63) is 95.6 Å². The van der Waals surface area contributed by atoms with Crippen LogP contribution in [0.4, 0.5) is 50.9 Å². The van der Waals surface area contributed by atoms with E-state index in [9.17, 15) is 39.5 Å². The van der Waals surface area contributed by atoms with Crippen LogP contribution in [0.3, 0.4) is 0 Å². The third kappa shape index (κ3) is 9.75. The molecule has 0 radical (unpaired) electrons. The molecule has 0 aliphatic heterocycles. The molecule has 4 rings (SSSR count). The largest absolute Gasteiger partial charge is 0.419 e. The first-order valence-electron chi connectivity index (χ1n) is 11.0. The quantitative estimate of drug-likeness (QED) is 0.0917. The van der Waals surface area contributed by atoms with E-state index >= 15 is 0 Å². The van der Waals surface area contributed by atoms with Gasteiger partial charge in [-0.2, -0.15) is 39.5 Å². The standard InChI is InChI=1S/C9H4Cl2F3N3.C7H3Cl2F3N3.C7H4Cl2F3N/c10-5-1-2-6(17-4-3-15-16-17)8(11)7(5)9(12,13)14;8-3-1-2-4(14-15-13)6(9)5(3)7(10,11)12;8-3-1-2-4(13)6(9)5(3)7(10,11)12/h1-4H;1-2,13H;1-2H,13H2/q;+1;. The summed E-state index contributed by atoms with van der Waals surface area (Å²) in [4.78, 5) is 2.60. The Kier molecular flexibility index (Phi) is 12.8. The highest BCUT2D eigenvalue weighted by molar-refractivity contribution is 6.38. The summed E-state index contributed by atoms with van der Waals surface area (Å²) in [5.41, 5.74) is 7.95. The van der Waals surface area contributed by atoms with Crippen LogP contribution in [-0.2, 0) is 18.5 Å². The van der Waals surface area contributed by atoms with Gasteiger partial charge in [0.05, 0.1) is 70.6 Å². The third-order valence-corrected chi connectivity index (χ3v) is 7.06. The van der Waals surface area contributed by atoms with Gasteiger partial charge in [0.25, 0.3) is 0 Å². The highest BCUT2D eigenvalue weighted by Gasteiger charge is 2.39. The molecule has 0 aliphatic rings. The van der Waals surface area contributed by atoms with Gasteiger partial charge in [-0.15, -0.1) is 5.10 Å². The first kappa shape index (κ1) is 38.2. The van der Waals surface area contributed by atoms with Gasteiger partial charge in [0.1, 0.15) is 5.53 Å². The molecule has 4 aromatic rings. The smallest absolute Gasteiger partial charge is 0.398 e. The van der Waals surface area contributed by atoms with Crippen LogP contribution in [0.2, 0.25) is 30.1 Å². The van der Waals surface area contributed by atoms with Crippen LogP contribution in [0.15, 0.2) is 53.9 Å². The maximum absolute atomic E-state index is 12.7. The number of rotatable bonds is 2. The van der Waals surface area contributed by atoms with E-state index in [2.05, 4.69) is 20.3 Å². The SMILES string of the molecule is FC(F)(F)c1c(Cl)ccc(-n2ccnn2)c1Cl.N=[N+]=Nc1ccc(Cl)c(C(F)(F)F)c1Cl.Nc1ccc(Cl)c(C(F)(F)F)c1Cl. The van der Waals surface area contributed by atoms with Crippen LogP contribution in [0.5, 0.6) is 0 Å². The Labute approximate surface area is 275 Å². The van der Waals surface area contributed by atoms with Gasteiger partial charge in [-0.1, -0.05) is 74.8 Å². The zero-order chi connectivity index (χ0) is 34.5. The van der Waals surface area contributed by atoms with E-state index in [0.29, 0.717) is 0 Å². The average Bonchev–Trinajstić information content (AvgIpc) is 3.41. The predicted molar refractivity (Wildman–Crippen MR) is 151 cm³/mol. The minimum Gasteiger partial charge on any atom is -0.398 e. The fraction of sp³-hybridized carbons (Fsp3) is 0.130. The minimum atomic E-state index is -4.66. The molecule has 0 spiro atoms. The maximum atomic E-state index is 12.7. The molecule has 45 heavy (non-hydrogen) atoms. The number of benzene rings is 3. The van der Waals surface area contributed by atoms with Crippen molar-refractivity contribution >= 4 is 81.0 Å². The predicted octanol–water partition coefficient (Wildman–Crippen LogP) is 11.4. The molecule has 0 bridgehead atoms. The first-order chi connectivity index (χ1) is 20.6. The Morgan fingerprint density at radius 3 is 1.53 bits per heavy atom. The van der Waals surface area contributed by atoms with Crippen LogP contribution in [0.1, 0.15) is 16.7 Å². The van der Waals surface area contributed by atoms with Gasteiger partial charge in [-0.3, -0.25) is 0 Å². The first-order valence-corrected chi connectivity index (χ1v) is 13.2. The van der Waals surface area contributed by atoms with E-state index < -0.39 is 65.4 Å². The summed E-state index contributed by atoms with van der Waals surface area (Å²) >= 11 is 32.7. The maximum Gasteiger partial charge on any atom is 0.419 e. The number of hydrogen-bond donors (Lipinski definition) is 2. The van der Waals surface area contributed by atoms with Crippen molar-refractivity contribution in [1.29, 1.82) is 5.53 Å².